The van der Waals surface area contributed by atoms with Crippen LogP contribution < -0.4 is 19.7 Å². The second-order valence-corrected chi connectivity index (χ2v) is 5.99. The van der Waals surface area contributed by atoms with Crippen molar-refractivity contribution in [2.24, 2.45) is 0 Å². The molecule has 29 heavy (non-hydrogen) atoms. The van der Waals surface area contributed by atoms with E-state index < -0.39 is 17.4 Å². The first-order valence-electron chi connectivity index (χ1n) is 8.69. The summed E-state index contributed by atoms with van der Waals surface area (Å²) in [6.45, 7) is -0.700. The van der Waals surface area contributed by atoms with Gasteiger partial charge < -0.3 is 19.7 Å². The maximum absolute atomic E-state index is 12.5. The Bertz CT molecular complexity index is 892. The zero-order chi connectivity index (χ0) is 21.6. The summed E-state index contributed by atoms with van der Waals surface area (Å²) in [6.07, 6.45) is 0. The Balaban J connectivity index is 2.34. The number of nitro groups is 1. The highest BCUT2D eigenvalue weighted by atomic mass is 19.3. The molecule has 0 aromatic heterocycles. The number of ether oxygens (including phenoxy) is 2. The zero-order valence-corrected chi connectivity index (χ0v) is 16.1. The number of halogens is 2. The SMILES string of the molecule is CCOc1cc(CN(C)c2ccc([N+](=O)[O-])cc2C(=O)NC)ccc1OC(F)F. The molecule has 0 spiro atoms. The average molecular weight is 409 g/mol. The van der Waals surface area contributed by atoms with Crippen molar-refractivity contribution in [3.8, 4) is 11.5 Å². The Morgan fingerprint density at radius 2 is 1.97 bits per heavy atom. The first-order chi connectivity index (χ1) is 13.8. The van der Waals surface area contributed by atoms with Gasteiger partial charge in [0.05, 0.1) is 22.8 Å². The van der Waals surface area contributed by atoms with Crippen molar-refractivity contribution in [1.29, 1.82) is 0 Å². The van der Waals surface area contributed by atoms with Gasteiger partial charge in [-0.25, -0.2) is 0 Å². The van der Waals surface area contributed by atoms with Crippen LogP contribution in [0.2, 0.25) is 0 Å². The third-order valence-corrected chi connectivity index (χ3v) is 4.02. The molecule has 0 unspecified atom stereocenters. The summed E-state index contributed by atoms with van der Waals surface area (Å²) in [6, 6.07) is 8.56. The summed E-state index contributed by atoms with van der Waals surface area (Å²) in [7, 11) is 3.14. The van der Waals surface area contributed by atoms with E-state index in [-0.39, 0.29) is 35.9 Å². The Morgan fingerprint density at radius 1 is 1.24 bits per heavy atom. The highest BCUT2D eigenvalue weighted by Crippen LogP contribution is 2.31. The second kappa shape index (κ2) is 9.67. The molecule has 1 amide bonds. The van der Waals surface area contributed by atoms with Crippen molar-refractivity contribution in [3.05, 3.63) is 57.6 Å². The number of carbonyl (C=O) groups excluding carboxylic acids is 1. The fraction of sp³-hybridized carbons (Fsp3) is 0.316. The number of carbonyl (C=O) groups is 1. The first-order valence-corrected chi connectivity index (χ1v) is 8.69. The lowest BCUT2D eigenvalue weighted by atomic mass is 10.1. The minimum absolute atomic E-state index is 0.0744. The largest absolute Gasteiger partial charge is 0.490 e. The molecule has 8 nitrogen and oxygen atoms in total. The molecule has 2 rings (SSSR count). The van der Waals surface area contributed by atoms with Crippen molar-refractivity contribution < 1.29 is 28.0 Å². The van der Waals surface area contributed by atoms with E-state index in [2.05, 4.69) is 10.1 Å². The molecule has 0 heterocycles. The minimum atomic E-state index is -2.97. The quantitative estimate of drug-likeness (QED) is 0.503. The predicted octanol–water partition coefficient (Wildman–Crippen LogP) is 3.59. The Morgan fingerprint density at radius 3 is 2.55 bits per heavy atom. The fourth-order valence-corrected chi connectivity index (χ4v) is 2.76. The predicted molar refractivity (Wildman–Crippen MR) is 103 cm³/mol. The zero-order valence-electron chi connectivity index (χ0n) is 16.1. The molecule has 0 aliphatic heterocycles. The summed E-state index contributed by atoms with van der Waals surface area (Å²) in [5, 5.41) is 13.5. The van der Waals surface area contributed by atoms with Gasteiger partial charge in [0.2, 0.25) is 0 Å². The van der Waals surface area contributed by atoms with Crippen LogP contribution in [0.15, 0.2) is 36.4 Å². The standard InChI is InChI=1S/C19H21F2N3O5/c1-4-28-17-9-12(5-8-16(17)29-19(20)21)11-23(3)15-7-6-13(24(26)27)10-14(15)18(25)22-2/h5-10,19H,4,11H2,1-3H3,(H,22,25). The Hall–Kier alpha value is -3.43. The van der Waals surface area contributed by atoms with Gasteiger partial charge in [-0.3, -0.25) is 14.9 Å². The van der Waals surface area contributed by atoms with Gasteiger partial charge in [0.1, 0.15) is 0 Å². The van der Waals surface area contributed by atoms with Gasteiger partial charge in [0.15, 0.2) is 11.5 Å². The highest BCUT2D eigenvalue weighted by molar-refractivity contribution is 6.00. The number of anilines is 1. The summed E-state index contributed by atoms with van der Waals surface area (Å²) in [5.74, 6) is -0.366. The minimum Gasteiger partial charge on any atom is -0.490 e. The molecule has 0 bridgehead atoms. The molecule has 0 radical (unpaired) electrons. The lowest BCUT2D eigenvalue weighted by Crippen LogP contribution is -2.24. The molecular formula is C19H21F2N3O5. The summed E-state index contributed by atoms with van der Waals surface area (Å²) in [5.41, 5.74) is 1.12. The Labute approximate surface area is 166 Å². The third kappa shape index (κ3) is 5.53. The van der Waals surface area contributed by atoms with Gasteiger partial charge >= 0.3 is 6.61 Å². The van der Waals surface area contributed by atoms with E-state index in [0.717, 1.165) is 0 Å². The maximum atomic E-state index is 12.5. The van der Waals surface area contributed by atoms with Crippen LogP contribution in [0.5, 0.6) is 11.5 Å². The molecule has 156 valence electrons. The maximum Gasteiger partial charge on any atom is 0.387 e. The van der Waals surface area contributed by atoms with Crippen LogP contribution in [0.25, 0.3) is 0 Å². The van der Waals surface area contributed by atoms with Crippen LogP contribution in [0.1, 0.15) is 22.8 Å². The van der Waals surface area contributed by atoms with Gasteiger partial charge in [0, 0.05) is 32.8 Å². The number of nitrogens with zero attached hydrogens (tertiary/aromatic N) is 2. The van der Waals surface area contributed by atoms with E-state index in [1.165, 1.54) is 31.3 Å². The van der Waals surface area contributed by atoms with E-state index in [4.69, 9.17) is 4.74 Å². The lowest BCUT2D eigenvalue weighted by Gasteiger charge is -2.22. The van der Waals surface area contributed by atoms with Crippen LogP contribution in [0, 0.1) is 10.1 Å². The fourth-order valence-electron chi connectivity index (χ4n) is 2.76. The van der Waals surface area contributed by atoms with Gasteiger partial charge in [-0.15, -0.1) is 0 Å². The number of alkyl halides is 2. The van der Waals surface area contributed by atoms with Crippen LogP contribution >= 0.6 is 0 Å². The lowest BCUT2D eigenvalue weighted by molar-refractivity contribution is -0.384. The summed E-state index contributed by atoms with van der Waals surface area (Å²) in [4.78, 5) is 24.3. The summed E-state index contributed by atoms with van der Waals surface area (Å²) < 4.78 is 34.9. The molecule has 2 aromatic rings. The van der Waals surface area contributed by atoms with Crippen molar-refractivity contribution in [3.63, 3.8) is 0 Å². The number of non-ortho nitro benzene ring substituents is 1. The van der Waals surface area contributed by atoms with Crippen LogP contribution in [-0.4, -0.2) is 38.1 Å². The molecule has 0 atom stereocenters. The monoisotopic (exact) mass is 409 g/mol. The average Bonchev–Trinajstić information content (AvgIpc) is 2.68. The topological polar surface area (TPSA) is 93.9 Å². The molecule has 0 saturated carbocycles. The van der Waals surface area contributed by atoms with Crippen molar-refractivity contribution >= 4 is 17.3 Å². The number of nitrogens with one attached hydrogen (secondary N) is 1. The molecule has 2 aromatic carbocycles. The molecule has 0 aliphatic carbocycles. The number of hydrogen-bond acceptors (Lipinski definition) is 6. The van der Waals surface area contributed by atoms with Gasteiger partial charge in [-0.05, 0) is 30.7 Å². The van der Waals surface area contributed by atoms with Gasteiger partial charge in [-0.1, -0.05) is 6.07 Å². The Kier molecular flexibility index (Phi) is 7.29. The highest BCUT2D eigenvalue weighted by Gasteiger charge is 2.19. The first kappa shape index (κ1) is 21.9. The molecule has 10 heteroatoms. The molecule has 0 fully saturated rings. The van der Waals surface area contributed by atoms with Crippen LogP contribution in [0.3, 0.4) is 0 Å². The van der Waals surface area contributed by atoms with E-state index >= 15 is 0 Å². The number of benzene rings is 2. The van der Waals surface area contributed by atoms with E-state index in [9.17, 15) is 23.7 Å². The number of hydrogen-bond donors (Lipinski definition) is 1. The van der Waals surface area contributed by atoms with E-state index in [1.54, 1.807) is 31.0 Å². The van der Waals surface area contributed by atoms with Gasteiger partial charge in [-0.2, -0.15) is 8.78 Å². The van der Waals surface area contributed by atoms with Gasteiger partial charge in [0.25, 0.3) is 11.6 Å². The second-order valence-electron chi connectivity index (χ2n) is 5.99. The molecule has 0 aliphatic rings. The van der Waals surface area contributed by atoms with Crippen molar-refractivity contribution in [2.75, 3.05) is 25.6 Å². The molecule has 1 N–H and O–H groups in total. The smallest absolute Gasteiger partial charge is 0.387 e. The summed E-state index contributed by atoms with van der Waals surface area (Å²) >= 11 is 0. The van der Waals surface area contributed by atoms with Crippen LogP contribution in [-0.2, 0) is 6.54 Å². The third-order valence-electron chi connectivity index (χ3n) is 4.02. The van der Waals surface area contributed by atoms with Crippen LogP contribution in [0.4, 0.5) is 20.2 Å². The molecule has 0 saturated heterocycles. The number of nitro benzene ring substituents is 1. The van der Waals surface area contributed by atoms with E-state index in [0.29, 0.717) is 11.3 Å². The van der Waals surface area contributed by atoms with E-state index in [1.807, 2.05) is 0 Å². The normalized spacial score (nSPS) is 10.6. The molecular weight excluding hydrogens is 388 g/mol. The van der Waals surface area contributed by atoms with Crippen molar-refractivity contribution in [2.45, 2.75) is 20.1 Å². The number of amides is 1. The van der Waals surface area contributed by atoms with Crippen molar-refractivity contribution in [1.82, 2.24) is 5.32 Å². The number of rotatable bonds is 9.